The van der Waals surface area contributed by atoms with Crippen molar-refractivity contribution in [2.24, 2.45) is 23.7 Å². The third-order valence-electron chi connectivity index (χ3n) is 18.3. The molecule has 19 heteroatoms. The minimum atomic E-state index is -4.96. The van der Waals surface area contributed by atoms with E-state index in [2.05, 4.69) is 55.4 Å². The maximum atomic E-state index is 13.1. The monoisotopic (exact) mass is 1400 g/mol. The third-order valence-corrected chi connectivity index (χ3v) is 20.2. The number of carbonyl (C=O) groups is 4. The van der Waals surface area contributed by atoms with Gasteiger partial charge in [-0.05, 0) is 49.4 Å². The highest BCUT2D eigenvalue weighted by molar-refractivity contribution is 7.47. The zero-order chi connectivity index (χ0) is 70.3. The molecule has 0 amide bonds. The molecule has 0 radical (unpaired) electrons. The molecule has 4 unspecified atom stereocenters. The Morgan fingerprint density at radius 2 is 0.505 bits per heavy atom. The van der Waals surface area contributed by atoms with E-state index in [1.54, 1.807) is 0 Å². The number of aliphatic hydroxyl groups is 1. The molecule has 0 bridgehead atoms. The smallest absolute Gasteiger partial charge is 0.462 e. The second-order valence-electron chi connectivity index (χ2n) is 28.8. The minimum Gasteiger partial charge on any atom is -0.462 e. The molecule has 7 atom stereocenters. The van der Waals surface area contributed by atoms with Crippen LogP contribution in [0, 0.1) is 23.7 Å². The van der Waals surface area contributed by atoms with Crippen LogP contribution in [-0.2, 0) is 65.4 Å². The maximum absolute atomic E-state index is 13.1. The van der Waals surface area contributed by atoms with Crippen LogP contribution in [0.4, 0.5) is 0 Å². The Morgan fingerprint density at radius 1 is 0.295 bits per heavy atom. The number of esters is 4. The standard InChI is InChI=1S/C76H148O17P2/c1-9-68(7)54-46-38-30-22-15-13-11-12-14-16-24-34-42-50-58-75(80)92-71(62-86-73(78)56-48-40-32-23-18-17-20-28-36-44-52-66(3)4)64-90-94(82,83)88-60-70(77)61-89-95(84,85)91-65-72(93-76(81)59-51-43-35-25-19-21-29-37-45-53-67(5)6)63-87-74(79)57-49-41-33-27-26-31-39-47-55-69(8)10-2/h66-72,77H,9-65H2,1-8H3,(H,82,83)(H,84,85)/t68?,69?,70-,71-,72-/m1/s1. The third kappa shape index (κ3) is 67.6. The van der Waals surface area contributed by atoms with Crippen LogP contribution < -0.4 is 0 Å². The van der Waals surface area contributed by atoms with Gasteiger partial charge in [-0.15, -0.1) is 0 Å². The lowest BCUT2D eigenvalue weighted by Crippen LogP contribution is -2.30. The number of unbranched alkanes of at least 4 members (excludes halogenated alkanes) is 37. The van der Waals surface area contributed by atoms with E-state index in [-0.39, 0.29) is 25.7 Å². The van der Waals surface area contributed by atoms with Crippen molar-refractivity contribution in [2.75, 3.05) is 39.6 Å². The quantitative estimate of drug-likeness (QED) is 0.0222. The lowest BCUT2D eigenvalue weighted by molar-refractivity contribution is -0.161. The number of phosphoric ester groups is 2. The summed E-state index contributed by atoms with van der Waals surface area (Å²) >= 11 is 0. The summed E-state index contributed by atoms with van der Waals surface area (Å²) in [5.41, 5.74) is 0. The molecule has 0 heterocycles. The van der Waals surface area contributed by atoms with E-state index < -0.39 is 97.5 Å². The predicted molar refractivity (Wildman–Crippen MR) is 386 cm³/mol. The highest BCUT2D eigenvalue weighted by Crippen LogP contribution is 2.45. The summed E-state index contributed by atoms with van der Waals surface area (Å²) in [7, 11) is -9.91. The van der Waals surface area contributed by atoms with E-state index in [4.69, 9.17) is 37.0 Å². The number of rotatable bonds is 73. The van der Waals surface area contributed by atoms with Gasteiger partial charge in [0.25, 0.3) is 0 Å². The lowest BCUT2D eigenvalue weighted by Gasteiger charge is -2.21. The van der Waals surface area contributed by atoms with Crippen molar-refractivity contribution in [3.05, 3.63) is 0 Å². The predicted octanol–water partition coefficient (Wildman–Crippen LogP) is 22.0. The fraction of sp³-hybridized carbons (Fsp3) is 0.947. The first kappa shape index (κ1) is 93.1. The van der Waals surface area contributed by atoms with Crippen molar-refractivity contribution in [1.29, 1.82) is 0 Å². The second-order valence-corrected chi connectivity index (χ2v) is 31.7. The van der Waals surface area contributed by atoms with E-state index in [9.17, 15) is 43.2 Å². The summed E-state index contributed by atoms with van der Waals surface area (Å²) in [6, 6.07) is 0. The van der Waals surface area contributed by atoms with Gasteiger partial charge in [-0.25, -0.2) is 9.13 Å². The summed E-state index contributed by atoms with van der Waals surface area (Å²) in [4.78, 5) is 72.8. The van der Waals surface area contributed by atoms with E-state index in [1.165, 1.54) is 186 Å². The van der Waals surface area contributed by atoms with Gasteiger partial charge in [-0.2, -0.15) is 0 Å². The van der Waals surface area contributed by atoms with Crippen LogP contribution in [0.5, 0.6) is 0 Å². The van der Waals surface area contributed by atoms with Crippen molar-refractivity contribution < 1.29 is 80.2 Å². The molecule has 0 aromatic heterocycles. The lowest BCUT2D eigenvalue weighted by atomic mass is 9.99. The zero-order valence-electron chi connectivity index (χ0n) is 62.3. The molecule has 0 aromatic carbocycles. The molecule has 3 N–H and O–H groups in total. The average molecular weight is 1400 g/mol. The average Bonchev–Trinajstić information content (AvgIpc) is 2.67. The van der Waals surface area contributed by atoms with Gasteiger partial charge in [0.2, 0.25) is 0 Å². The van der Waals surface area contributed by atoms with Gasteiger partial charge in [0.15, 0.2) is 12.2 Å². The molecule has 564 valence electrons. The molecular weight excluding hydrogens is 1250 g/mol. The minimum absolute atomic E-state index is 0.104. The molecule has 0 aliphatic rings. The Bertz CT molecular complexity index is 1870. The topological polar surface area (TPSA) is 237 Å². The molecule has 0 rings (SSSR count). The van der Waals surface area contributed by atoms with Gasteiger partial charge in [0.05, 0.1) is 26.4 Å². The van der Waals surface area contributed by atoms with Crippen molar-refractivity contribution in [3.8, 4) is 0 Å². The molecule has 0 spiro atoms. The van der Waals surface area contributed by atoms with Gasteiger partial charge in [0.1, 0.15) is 19.3 Å². The van der Waals surface area contributed by atoms with Crippen molar-refractivity contribution in [1.82, 2.24) is 0 Å². The van der Waals surface area contributed by atoms with Gasteiger partial charge >= 0.3 is 39.5 Å². The van der Waals surface area contributed by atoms with Crippen LogP contribution in [-0.4, -0.2) is 96.7 Å². The summed E-state index contributed by atoms with van der Waals surface area (Å²) in [6.45, 7) is 14.2. The SMILES string of the molecule is CCC(C)CCCCCCCCCCCCCCCCC(=O)O[C@H](COC(=O)CCCCCCCCCCCCC(C)C)COP(=O)(O)OC[C@@H](O)COP(=O)(O)OC[C@@H](COC(=O)CCCCCCCCCCC(C)CC)OC(=O)CCCCCCCCCCCC(C)C. The molecule has 0 saturated carbocycles. The number of carbonyl (C=O) groups excluding carboxylic acids is 4. The number of hydrogen-bond acceptors (Lipinski definition) is 15. The molecule has 0 aromatic rings. The van der Waals surface area contributed by atoms with Gasteiger partial charge in [-0.3, -0.25) is 37.3 Å². The van der Waals surface area contributed by atoms with E-state index in [0.717, 1.165) is 114 Å². The van der Waals surface area contributed by atoms with Crippen LogP contribution in [0.15, 0.2) is 0 Å². The van der Waals surface area contributed by atoms with E-state index >= 15 is 0 Å². The van der Waals surface area contributed by atoms with Crippen molar-refractivity contribution in [2.45, 2.75) is 401 Å². The number of phosphoric acid groups is 2. The number of hydrogen-bond donors (Lipinski definition) is 3. The fourth-order valence-electron chi connectivity index (χ4n) is 11.5. The van der Waals surface area contributed by atoms with E-state index in [0.29, 0.717) is 25.7 Å². The first-order chi connectivity index (χ1) is 45.7. The molecular formula is C76H148O17P2. The zero-order valence-corrected chi connectivity index (χ0v) is 64.1. The number of ether oxygens (including phenoxy) is 4. The fourth-order valence-corrected chi connectivity index (χ4v) is 13.1. The van der Waals surface area contributed by atoms with Gasteiger partial charge in [-0.1, -0.05) is 331 Å². The highest BCUT2D eigenvalue weighted by Gasteiger charge is 2.30. The molecule has 0 aliphatic heterocycles. The largest absolute Gasteiger partial charge is 0.472 e. The van der Waals surface area contributed by atoms with Crippen molar-refractivity contribution in [3.63, 3.8) is 0 Å². The Labute approximate surface area is 581 Å². The summed E-state index contributed by atoms with van der Waals surface area (Å²) in [5, 5.41) is 10.6. The first-order valence-corrected chi connectivity index (χ1v) is 42.3. The summed E-state index contributed by atoms with van der Waals surface area (Å²) < 4.78 is 68.5. The molecule has 0 aliphatic carbocycles. The Morgan fingerprint density at radius 3 is 0.747 bits per heavy atom. The molecule has 95 heavy (non-hydrogen) atoms. The summed E-state index contributed by atoms with van der Waals surface area (Å²) in [5.74, 6) is 0.997. The molecule has 0 saturated heterocycles. The molecule has 0 fully saturated rings. The van der Waals surface area contributed by atoms with Crippen LogP contribution in [0.3, 0.4) is 0 Å². The normalized spacial score (nSPS) is 14.7. The van der Waals surface area contributed by atoms with Gasteiger partial charge in [0, 0.05) is 25.7 Å². The Kier molecular flexibility index (Phi) is 64.0. The summed E-state index contributed by atoms with van der Waals surface area (Å²) in [6.07, 6.45) is 49.8. The maximum Gasteiger partial charge on any atom is 0.472 e. The van der Waals surface area contributed by atoms with Crippen LogP contribution in [0.25, 0.3) is 0 Å². The van der Waals surface area contributed by atoms with E-state index in [1.807, 2.05) is 0 Å². The van der Waals surface area contributed by atoms with Crippen LogP contribution in [0.1, 0.15) is 383 Å². The van der Waals surface area contributed by atoms with Gasteiger partial charge < -0.3 is 33.8 Å². The highest BCUT2D eigenvalue weighted by atomic mass is 31.2. The first-order valence-electron chi connectivity index (χ1n) is 39.3. The van der Waals surface area contributed by atoms with Crippen LogP contribution >= 0.6 is 15.6 Å². The molecule has 17 nitrogen and oxygen atoms in total. The Balaban J connectivity index is 5.26. The number of aliphatic hydroxyl groups excluding tert-OH is 1. The Hall–Kier alpha value is -1.94. The van der Waals surface area contributed by atoms with Crippen LogP contribution in [0.2, 0.25) is 0 Å². The van der Waals surface area contributed by atoms with Crippen molar-refractivity contribution >= 4 is 39.5 Å². The second kappa shape index (κ2) is 65.4.